The van der Waals surface area contributed by atoms with E-state index in [0.717, 1.165) is 6.29 Å². The van der Waals surface area contributed by atoms with Crippen LogP contribution in [0.4, 0.5) is 0 Å². The second kappa shape index (κ2) is 6.61. The van der Waals surface area contributed by atoms with E-state index in [4.69, 9.17) is 9.47 Å². The van der Waals surface area contributed by atoms with E-state index in [9.17, 15) is 9.59 Å². The van der Waals surface area contributed by atoms with Crippen molar-refractivity contribution in [2.45, 2.75) is 19.8 Å². The van der Waals surface area contributed by atoms with E-state index in [0.29, 0.717) is 24.3 Å². The summed E-state index contributed by atoms with van der Waals surface area (Å²) in [5, 5.41) is 0. The Hall–Kier alpha value is -1.84. The number of carbonyl (C=O) groups excluding carboxylic acids is 2. The van der Waals surface area contributed by atoms with Gasteiger partial charge in [0.25, 0.3) is 0 Å². The van der Waals surface area contributed by atoms with Crippen LogP contribution in [0.1, 0.15) is 19.8 Å². The van der Waals surface area contributed by atoms with Crippen LogP contribution < -0.4 is 9.47 Å². The van der Waals surface area contributed by atoms with Gasteiger partial charge in [-0.05, 0) is 12.1 Å². The van der Waals surface area contributed by atoms with Gasteiger partial charge in [-0.2, -0.15) is 0 Å². The maximum Gasteiger partial charge on any atom is 0.311 e. The number of aldehydes is 1. The molecule has 4 nitrogen and oxygen atoms in total. The Balaban J connectivity index is 2.67. The molecule has 1 aromatic rings. The second-order valence-electron chi connectivity index (χ2n) is 3.08. The highest BCUT2D eigenvalue weighted by Crippen LogP contribution is 2.26. The van der Waals surface area contributed by atoms with Crippen molar-refractivity contribution in [1.82, 2.24) is 0 Å². The Labute approximate surface area is 94.2 Å². The molecule has 16 heavy (non-hydrogen) atoms. The molecular weight excluding hydrogens is 208 g/mol. The molecule has 0 saturated carbocycles. The maximum atomic E-state index is 11.1. The summed E-state index contributed by atoms with van der Waals surface area (Å²) >= 11 is 0. The molecule has 0 bridgehead atoms. The Morgan fingerprint density at radius 3 is 2.62 bits per heavy atom. The van der Waals surface area contributed by atoms with Crippen molar-refractivity contribution in [3.8, 4) is 11.5 Å². The van der Waals surface area contributed by atoms with Crippen molar-refractivity contribution in [1.29, 1.82) is 0 Å². The SMILES string of the molecule is CCC(=O)Oc1ccccc1OCCC=O. The first-order valence-corrected chi connectivity index (χ1v) is 5.14. The van der Waals surface area contributed by atoms with Crippen molar-refractivity contribution >= 4 is 12.3 Å². The molecule has 0 aliphatic heterocycles. The Morgan fingerprint density at radius 1 is 1.31 bits per heavy atom. The van der Waals surface area contributed by atoms with E-state index in [2.05, 4.69) is 0 Å². The molecule has 1 rings (SSSR count). The topological polar surface area (TPSA) is 52.6 Å². The molecule has 0 atom stereocenters. The number of para-hydroxylation sites is 2. The summed E-state index contributed by atoms with van der Waals surface area (Å²) in [5.41, 5.74) is 0. The predicted molar refractivity (Wildman–Crippen MR) is 58.5 cm³/mol. The van der Waals surface area contributed by atoms with Crippen molar-refractivity contribution in [3.63, 3.8) is 0 Å². The number of hydrogen-bond donors (Lipinski definition) is 0. The Morgan fingerprint density at radius 2 is 2.00 bits per heavy atom. The summed E-state index contributed by atoms with van der Waals surface area (Å²) in [6.45, 7) is 2.00. The Bertz CT molecular complexity index is 360. The van der Waals surface area contributed by atoms with E-state index in [-0.39, 0.29) is 12.6 Å². The lowest BCUT2D eigenvalue weighted by Gasteiger charge is -2.09. The van der Waals surface area contributed by atoms with Crippen LogP contribution in [0.5, 0.6) is 11.5 Å². The van der Waals surface area contributed by atoms with Gasteiger partial charge in [-0.25, -0.2) is 0 Å². The van der Waals surface area contributed by atoms with Crippen LogP contribution in [0, 0.1) is 0 Å². The van der Waals surface area contributed by atoms with Gasteiger partial charge in [0.1, 0.15) is 6.29 Å². The highest BCUT2D eigenvalue weighted by atomic mass is 16.6. The minimum absolute atomic E-state index is 0.282. The molecular formula is C12H14O4. The van der Waals surface area contributed by atoms with Crippen LogP contribution in [0.25, 0.3) is 0 Å². The molecule has 0 aliphatic rings. The highest BCUT2D eigenvalue weighted by Gasteiger charge is 2.07. The van der Waals surface area contributed by atoms with Crippen LogP contribution in [0.3, 0.4) is 0 Å². The van der Waals surface area contributed by atoms with E-state index in [1.54, 1.807) is 31.2 Å². The molecule has 0 unspecified atom stereocenters. The maximum absolute atomic E-state index is 11.1. The first-order chi connectivity index (χ1) is 7.77. The first-order valence-electron chi connectivity index (χ1n) is 5.14. The number of benzene rings is 1. The molecule has 0 N–H and O–H groups in total. The molecule has 0 amide bonds. The van der Waals surface area contributed by atoms with Crippen LogP contribution in [0.15, 0.2) is 24.3 Å². The number of esters is 1. The van der Waals surface area contributed by atoms with Gasteiger partial charge in [0, 0.05) is 12.8 Å². The van der Waals surface area contributed by atoms with Gasteiger partial charge < -0.3 is 14.3 Å². The Kier molecular flexibility index (Phi) is 5.05. The predicted octanol–water partition coefficient (Wildman–Crippen LogP) is 1.97. The molecule has 0 aromatic heterocycles. The van der Waals surface area contributed by atoms with Crippen LogP contribution in [-0.4, -0.2) is 18.9 Å². The fourth-order valence-electron chi connectivity index (χ4n) is 1.07. The number of carbonyl (C=O) groups is 2. The van der Waals surface area contributed by atoms with Gasteiger partial charge in [0.05, 0.1) is 6.61 Å². The molecule has 0 aliphatic carbocycles. The van der Waals surface area contributed by atoms with Crippen LogP contribution in [0.2, 0.25) is 0 Å². The lowest BCUT2D eigenvalue weighted by atomic mass is 10.3. The summed E-state index contributed by atoms with van der Waals surface area (Å²) < 4.78 is 10.4. The van der Waals surface area contributed by atoms with Crippen molar-refractivity contribution in [2.24, 2.45) is 0 Å². The van der Waals surface area contributed by atoms with Crippen LogP contribution >= 0.6 is 0 Å². The van der Waals surface area contributed by atoms with Crippen molar-refractivity contribution in [2.75, 3.05) is 6.61 Å². The molecule has 0 fully saturated rings. The number of ether oxygens (including phenoxy) is 2. The lowest BCUT2D eigenvalue weighted by molar-refractivity contribution is -0.134. The molecule has 0 heterocycles. The van der Waals surface area contributed by atoms with Crippen molar-refractivity contribution < 1.29 is 19.1 Å². The third-order valence-corrected chi connectivity index (χ3v) is 1.85. The zero-order valence-electron chi connectivity index (χ0n) is 9.14. The fraction of sp³-hybridized carbons (Fsp3) is 0.333. The summed E-state index contributed by atoms with van der Waals surface area (Å²) in [5.74, 6) is 0.554. The first kappa shape index (κ1) is 12.2. The quantitative estimate of drug-likeness (QED) is 0.319. The van der Waals surface area contributed by atoms with Gasteiger partial charge in [-0.1, -0.05) is 19.1 Å². The smallest absolute Gasteiger partial charge is 0.311 e. The highest BCUT2D eigenvalue weighted by molar-refractivity contribution is 5.72. The normalized spacial score (nSPS) is 9.56. The lowest BCUT2D eigenvalue weighted by Crippen LogP contribution is -2.07. The average molecular weight is 222 g/mol. The van der Waals surface area contributed by atoms with E-state index < -0.39 is 0 Å². The number of rotatable bonds is 6. The van der Waals surface area contributed by atoms with E-state index in [1.807, 2.05) is 0 Å². The minimum atomic E-state index is -0.313. The molecule has 0 saturated heterocycles. The summed E-state index contributed by atoms with van der Waals surface area (Å²) in [7, 11) is 0. The van der Waals surface area contributed by atoms with Gasteiger partial charge in [0.2, 0.25) is 0 Å². The second-order valence-corrected chi connectivity index (χ2v) is 3.08. The molecule has 1 aromatic carbocycles. The van der Waals surface area contributed by atoms with Gasteiger partial charge in [-0.3, -0.25) is 4.79 Å². The monoisotopic (exact) mass is 222 g/mol. The van der Waals surface area contributed by atoms with Gasteiger partial charge >= 0.3 is 5.97 Å². The zero-order chi connectivity index (χ0) is 11.8. The summed E-state index contributed by atoms with van der Waals surface area (Å²) in [6.07, 6.45) is 1.40. The molecule has 0 spiro atoms. The van der Waals surface area contributed by atoms with Gasteiger partial charge in [0.15, 0.2) is 11.5 Å². The zero-order valence-corrected chi connectivity index (χ0v) is 9.14. The van der Waals surface area contributed by atoms with Crippen LogP contribution in [-0.2, 0) is 9.59 Å². The average Bonchev–Trinajstić information content (AvgIpc) is 2.31. The minimum Gasteiger partial charge on any atom is -0.489 e. The third-order valence-electron chi connectivity index (χ3n) is 1.85. The fourth-order valence-corrected chi connectivity index (χ4v) is 1.07. The van der Waals surface area contributed by atoms with Gasteiger partial charge in [-0.15, -0.1) is 0 Å². The molecule has 0 radical (unpaired) electrons. The van der Waals surface area contributed by atoms with Crippen molar-refractivity contribution in [3.05, 3.63) is 24.3 Å². The van der Waals surface area contributed by atoms with E-state index >= 15 is 0 Å². The summed E-state index contributed by atoms with van der Waals surface area (Å²) in [6, 6.07) is 6.89. The standard InChI is InChI=1S/C12H14O4/c1-2-12(14)16-11-7-4-3-6-10(11)15-9-5-8-13/h3-4,6-8H,2,5,9H2,1H3. The molecule has 86 valence electrons. The van der Waals surface area contributed by atoms with E-state index in [1.165, 1.54) is 0 Å². The largest absolute Gasteiger partial charge is 0.489 e. The number of hydrogen-bond acceptors (Lipinski definition) is 4. The third kappa shape index (κ3) is 3.73. The molecule has 4 heteroatoms. The summed E-state index contributed by atoms with van der Waals surface area (Å²) in [4.78, 5) is 21.3.